The minimum atomic E-state index is 0.431. The molecule has 0 spiro atoms. The highest BCUT2D eigenvalue weighted by molar-refractivity contribution is 5.48. The van der Waals surface area contributed by atoms with E-state index in [1.807, 2.05) is 26.5 Å². The number of aryl methyl sites for hydroxylation is 2. The van der Waals surface area contributed by atoms with E-state index in [0.717, 1.165) is 56.4 Å². The topological polar surface area (TPSA) is 53.3 Å². The number of aromatic nitrogens is 4. The second kappa shape index (κ2) is 8.69. The molecule has 0 unspecified atom stereocenters. The number of hydrogen-bond donors (Lipinski definition) is 0. The lowest BCUT2D eigenvalue weighted by Crippen LogP contribution is -2.36. The Morgan fingerprint density at radius 3 is 2.74 bits per heavy atom. The fourth-order valence-corrected chi connectivity index (χ4v) is 3.83. The largest absolute Gasteiger partial charge is 0.362 e. The van der Waals surface area contributed by atoms with Crippen molar-refractivity contribution in [1.29, 1.82) is 0 Å². The van der Waals surface area contributed by atoms with Crippen LogP contribution in [0.1, 0.15) is 36.6 Å². The second-order valence-electron chi connectivity index (χ2n) is 7.99. The second-order valence-corrected chi connectivity index (χ2v) is 7.99. The van der Waals surface area contributed by atoms with Crippen molar-refractivity contribution in [2.24, 2.45) is 0 Å². The molecule has 1 atom stereocenters. The summed E-state index contributed by atoms with van der Waals surface area (Å²) in [5, 5.41) is 0. The zero-order valence-electron chi connectivity index (χ0n) is 17.4. The molecule has 7 heteroatoms. The standard InChI is InChI=1S/C20H33N7/c1-16-14-22-20(23-18(16)25(4)5)27-11-6-8-17(15-27)19-21-9-13-26(19)12-7-10-24(2)3/h9,13-14,17H,6-8,10-12,15H2,1-5H3/t17-/m0/s1. The number of imidazole rings is 1. The van der Waals surface area contributed by atoms with E-state index in [0.29, 0.717) is 5.92 Å². The quantitative estimate of drug-likeness (QED) is 0.745. The van der Waals surface area contributed by atoms with Gasteiger partial charge in [0.2, 0.25) is 5.95 Å². The smallest absolute Gasteiger partial charge is 0.227 e. The SMILES string of the molecule is Cc1cnc(N2CCC[C@H](c3nccn3CCCN(C)C)C2)nc1N(C)C. The summed E-state index contributed by atoms with van der Waals surface area (Å²) in [7, 11) is 8.31. The van der Waals surface area contributed by atoms with Crippen molar-refractivity contribution in [2.45, 2.75) is 38.6 Å². The molecule has 0 amide bonds. The molecule has 1 aliphatic rings. The number of rotatable bonds is 7. The van der Waals surface area contributed by atoms with Gasteiger partial charge in [-0.15, -0.1) is 0 Å². The molecule has 0 aliphatic carbocycles. The molecular weight excluding hydrogens is 338 g/mol. The molecule has 0 bridgehead atoms. The van der Waals surface area contributed by atoms with Gasteiger partial charge in [-0.2, -0.15) is 4.98 Å². The zero-order valence-corrected chi connectivity index (χ0v) is 17.4. The Hall–Kier alpha value is -2.15. The molecule has 1 fully saturated rings. The van der Waals surface area contributed by atoms with Crippen LogP contribution in [-0.2, 0) is 6.54 Å². The van der Waals surface area contributed by atoms with Gasteiger partial charge in [-0.25, -0.2) is 9.97 Å². The number of piperidine rings is 1. The van der Waals surface area contributed by atoms with Gasteiger partial charge in [0, 0.05) is 63.8 Å². The molecule has 0 saturated carbocycles. The van der Waals surface area contributed by atoms with Crippen molar-refractivity contribution < 1.29 is 0 Å². The molecule has 3 rings (SSSR count). The van der Waals surface area contributed by atoms with Crippen LogP contribution < -0.4 is 9.80 Å². The normalized spacial score (nSPS) is 17.6. The molecule has 1 saturated heterocycles. The highest BCUT2D eigenvalue weighted by Crippen LogP contribution is 2.29. The first-order chi connectivity index (χ1) is 13.0. The van der Waals surface area contributed by atoms with Crippen LogP contribution in [0.3, 0.4) is 0 Å². The van der Waals surface area contributed by atoms with Gasteiger partial charge in [0.1, 0.15) is 11.6 Å². The third-order valence-corrected chi connectivity index (χ3v) is 5.18. The Morgan fingerprint density at radius 1 is 1.19 bits per heavy atom. The zero-order chi connectivity index (χ0) is 19.4. The summed E-state index contributed by atoms with van der Waals surface area (Å²) >= 11 is 0. The van der Waals surface area contributed by atoms with E-state index in [9.17, 15) is 0 Å². The van der Waals surface area contributed by atoms with Crippen LogP contribution in [0.4, 0.5) is 11.8 Å². The van der Waals surface area contributed by atoms with E-state index in [2.05, 4.69) is 51.5 Å². The molecule has 7 nitrogen and oxygen atoms in total. The molecule has 3 heterocycles. The number of nitrogens with zero attached hydrogens (tertiary/aromatic N) is 7. The van der Waals surface area contributed by atoms with E-state index < -0.39 is 0 Å². The predicted octanol–water partition coefficient (Wildman–Crippen LogP) is 2.38. The minimum Gasteiger partial charge on any atom is -0.362 e. The van der Waals surface area contributed by atoms with Crippen LogP contribution in [0.25, 0.3) is 0 Å². The van der Waals surface area contributed by atoms with Crippen molar-refractivity contribution in [3.63, 3.8) is 0 Å². The lowest BCUT2D eigenvalue weighted by Gasteiger charge is -2.33. The highest BCUT2D eigenvalue weighted by Gasteiger charge is 2.26. The maximum Gasteiger partial charge on any atom is 0.227 e. The fraction of sp³-hybridized carbons (Fsp3) is 0.650. The Morgan fingerprint density at radius 2 is 2.00 bits per heavy atom. The summed E-state index contributed by atoms with van der Waals surface area (Å²) in [4.78, 5) is 20.7. The van der Waals surface area contributed by atoms with Crippen LogP contribution in [0, 0.1) is 6.92 Å². The van der Waals surface area contributed by atoms with Gasteiger partial charge in [0.25, 0.3) is 0 Å². The Balaban J connectivity index is 1.72. The Kier molecular flexibility index (Phi) is 6.31. The van der Waals surface area contributed by atoms with Gasteiger partial charge in [0.05, 0.1) is 0 Å². The van der Waals surface area contributed by atoms with Gasteiger partial charge in [-0.3, -0.25) is 0 Å². The van der Waals surface area contributed by atoms with Crippen molar-refractivity contribution in [3.05, 3.63) is 30.0 Å². The lowest BCUT2D eigenvalue weighted by molar-refractivity contribution is 0.380. The van der Waals surface area contributed by atoms with E-state index >= 15 is 0 Å². The third kappa shape index (κ3) is 4.77. The minimum absolute atomic E-state index is 0.431. The van der Waals surface area contributed by atoms with E-state index in [4.69, 9.17) is 9.97 Å². The molecule has 2 aromatic rings. The van der Waals surface area contributed by atoms with Gasteiger partial charge in [-0.05, 0) is 46.8 Å². The summed E-state index contributed by atoms with van der Waals surface area (Å²) in [5.74, 6) is 3.46. The fourth-order valence-electron chi connectivity index (χ4n) is 3.83. The number of anilines is 2. The summed E-state index contributed by atoms with van der Waals surface area (Å²) in [6.45, 7) is 6.12. The van der Waals surface area contributed by atoms with Crippen molar-refractivity contribution in [1.82, 2.24) is 24.4 Å². The van der Waals surface area contributed by atoms with Crippen LogP contribution in [0.5, 0.6) is 0 Å². The van der Waals surface area contributed by atoms with Crippen LogP contribution in [-0.4, -0.2) is 72.2 Å². The van der Waals surface area contributed by atoms with E-state index in [-0.39, 0.29) is 0 Å². The predicted molar refractivity (Wildman–Crippen MR) is 111 cm³/mol. The van der Waals surface area contributed by atoms with Gasteiger partial charge in [0.15, 0.2) is 0 Å². The first kappa shape index (κ1) is 19.6. The molecule has 0 aromatic carbocycles. The average Bonchev–Trinajstić information content (AvgIpc) is 3.10. The first-order valence-electron chi connectivity index (χ1n) is 9.87. The summed E-state index contributed by atoms with van der Waals surface area (Å²) < 4.78 is 2.33. The van der Waals surface area contributed by atoms with Gasteiger partial charge >= 0.3 is 0 Å². The van der Waals surface area contributed by atoms with Crippen LogP contribution in [0.15, 0.2) is 18.6 Å². The first-order valence-corrected chi connectivity index (χ1v) is 9.87. The van der Waals surface area contributed by atoms with E-state index in [1.165, 1.54) is 12.2 Å². The molecular formula is C20H33N7. The van der Waals surface area contributed by atoms with Gasteiger partial charge in [-0.1, -0.05) is 0 Å². The molecule has 148 valence electrons. The Bertz CT molecular complexity index is 738. The Labute approximate surface area is 163 Å². The molecule has 0 N–H and O–H groups in total. The summed E-state index contributed by atoms with van der Waals surface area (Å²) in [6.07, 6.45) is 9.45. The monoisotopic (exact) mass is 371 g/mol. The summed E-state index contributed by atoms with van der Waals surface area (Å²) in [5.41, 5.74) is 1.11. The number of hydrogen-bond acceptors (Lipinski definition) is 6. The maximum atomic E-state index is 4.81. The van der Waals surface area contributed by atoms with Gasteiger partial charge < -0.3 is 19.3 Å². The average molecular weight is 372 g/mol. The molecule has 0 radical (unpaired) electrons. The van der Waals surface area contributed by atoms with Crippen LogP contribution >= 0.6 is 0 Å². The van der Waals surface area contributed by atoms with E-state index in [1.54, 1.807) is 0 Å². The van der Waals surface area contributed by atoms with Crippen molar-refractivity contribution >= 4 is 11.8 Å². The molecule has 2 aromatic heterocycles. The summed E-state index contributed by atoms with van der Waals surface area (Å²) in [6, 6.07) is 0. The molecule has 1 aliphatic heterocycles. The van der Waals surface area contributed by atoms with Crippen molar-refractivity contribution in [2.75, 3.05) is 57.6 Å². The maximum absolute atomic E-state index is 4.81. The molecule has 27 heavy (non-hydrogen) atoms. The highest BCUT2D eigenvalue weighted by atomic mass is 15.3. The third-order valence-electron chi connectivity index (χ3n) is 5.18. The van der Waals surface area contributed by atoms with Crippen LogP contribution in [0.2, 0.25) is 0 Å². The van der Waals surface area contributed by atoms with Crippen molar-refractivity contribution in [3.8, 4) is 0 Å². The lowest BCUT2D eigenvalue weighted by atomic mass is 9.97.